The van der Waals surface area contributed by atoms with Crippen LogP contribution in [-0.4, -0.2) is 26.1 Å². The number of aryl methyl sites for hydroxylation is 1. The first-order valence-corrected chi connectivity index (χ1v) is 8.80. The van der Waals surface area contributed by atoms with Gasteiger partial charge in [-0.1, -0.05) is 55.3 Å². The van der Waals surface area contributed by atoms with Gasteiger partial charge < -0.3 is 15.0 Å². The topological polar surface area (TPSA) is 78.9 Å². The van der Waals surface area contributed by atoms with Crippen molar-refractivity contribution in [2.24, 2.45) is 5.92 Å². The van der Waals surface area contributed by atoms with Crippen LogP contribution in [0.1, 0.15) is 25.3 Å². The van der Waals surface area contributed by atoms with E-state index >= 15 is 0 Å². The third-order valence-corrected chi connectivity index (χ3v) is 4.52. The molecule has 3 aromatic rings. The van der Waals surface area contributed by atoms with Crippen molar-refractivity contribution < 1.29 is 4.74 Å². The van der Waals surface area contributed by atoms with Crippen LogP contribution < -0.4 is 5.73 Å². The molecule has 0 saturated carbocycles. The summed E-state index contributed by atoms with van der Waals surface area (Å²) >= 11 is 6.07. The van der Waals surface area contributed by atoms with Crippen molar-refractivity contribution in [2.45, 2.75) is 32.9 Å². The highest BCUT2D eigenvalue weighted by molar-refractivity contribution is 6.33. The molecule has 2 aromatic heterocycles. The van der Waals surface area contributed by atoms with Crippen molar-refractivity contribution in [3.05, 3.63) is 47.4 Å². The predicted molar refractivity (Wildman–Crippen MR) is 99.2 cm³/mol. The van der Waals surface area contributed by atoms with Crippen molar-refractivity contribution in [1.29, 1.82) is 0 Å². The molecular formula is C18H22ClN5O. The SMILES string of the molecule is CC[C@H](CCn1cnc2c(Cl)nc(N)nc21)COCc1ccccc1. The second-order valence-corrected chi connectivity index (χ2v) is 6.40. The molecule has 3 rings (SSSR count). The van der Waals surface area contributed by atoms with Gasteiger partial charge >= 0.3 is 0 Å². The summed E-state index contributed by atoms with van der Waals surface area (Å²) in [6.07, 6.45) is 3.76. The summed E-state index contributed by atoms with van der Waals surface area (Å²) < 4.78 is 7.85. The van der Waals surface area contributed by atoms with Crippen molar-refractivity contribution in [3.8, 4) is 0 Å². The van der Waals surface area contributed by atoms with E-state index in [4.69, 9.17) is 22.1 Å². The average molecular weight is 360 g/mol. The molecule has 0 fully saturated rings. The number of aromatic nitrogens is 4. The molecule has 2 N–H and O–H groups in total. The molecular weight excluding hydrogens is 338 g/mol. The standard InChI is InChI=1S/C18H22ClN5O/c1-2-13(10-25-11-14-6-4-3-5-7-14)8-9-24-12-21-15-16(19)22-18(20)23-17(15)24/h3-7,12-13H,2,8-11H2,1H3,(H2,20,22,23)/t13-/m1/s1. The largest absolute Gasteiger partial charge is 0.376 e. The van der Waals surface area contributed by atoms with E-state index in [2.05, 4.69) is 34.0 Å². The third kappa shape index (κ3) is 4.46. The summed E-state index contributed by atoms with van der Waals surface area (Å²) in [4.78, 5) is 12.5. The van der Waals surface area contributed by atoms with Gasteiger partial charge in [0.25, 0.3) is 0 Å². The lowest BCUT2D eigenvalue weighted by Crippen LogP contribution is -2.12. The third-order valence-electron chi connectivity index (χ3n) is 4.26. The summed E-state index contributed by atoms with van der Waals surface area (Å²) in [6, 6.07) is 10.2. The number of benzene rings is 1. The van der Waals surface area contributed by atoms with Gasteiger partial charge in [0.1, 0.15) is 5.52 Å². The van der Waals surface area contributed by atoms with Gasteiger partial charge in [-0.3, -0.25) is 0 Å². The molecule has 0 radical (unpaired) electrons. The maximum Gasteiger partial charge on any atom is 0.223 e. The minimum absolute atomic E-state index is 0.164. The summed E-state index contributed by atoms with van der Waals surface area (Å²) in [6.45, 7) is 4.34. The van der Waals surface area contributed by atoms with Gasteiger partial charge in [-0.05, 0) is 17.9 Å². The number of hydrogen-bond donors (Lipinski definition) is 1. The molecule has 6 nitrogen and oxygen atoms in total. The lowest BCUT2D eigenvalue weighted by Gasteiger charge is -2.15. The molecule has 0 aliphatic carbocycles. The minimum atomic E-state index is 0.164. The fourth-order valence-corrected chi connectivity index (χ4v) is 2.95. The van der Waals surface area contributed by atoms with E-state index < -0.39 is 0 Å². The molecule has 1 atom stereocenters. The molecule has 7 heteroatoms. The highest BCUT2D eigenvalue weighted by Gasteiger charge is 2.13. The van der Waals surface area contributed by atoms with Crippen LogP contribution in [0, 0.1) is 5.92 Å². The first-order chi connectivity index (χ1) is 12.2. The molecule has 25 heavy (non-hydrogen) atoms. The lowest BCUT2D eigenvalue weighted by atomic mass is 10.0. The maximum absolute atomic E-state index is 6.07. The number of nitrogens with zero attached hydrogens (tertiary/aromatic N) is 4. The Hall–Kier alpha value is -2.18. The molecule has 0 spiro atoms. The van der Waals surface area contributed by atoms with Gasteiger partial charge in [0, 0.05) is 13.2 Å². The number of halogens is 1. The van der Waals surface area contributed by atoms with Gasteiger partial charge in [0.05, 0.1) is 12.9 Å². The number of nitrogens with two attached hydrogens (primary N) is 1. The molecule has 132 valence electrons. The highest BCUT2D eigenvalue weighted by Crippen LogP contribution is 2.21. The van der Waals surface area contributed by atoms with Gasteiger partial charge in [-0.2, -0.15) is 9.97 Å². The Morgan fingerprint density at radius 2 is 2.04 bits per heavy atom. The molecule has 0 aliphatic heterocycles. The van der Waals surface area contributed by atoms with Crippen LogP contribution in [0.2, 0.25) is 5.15 Å². The Morgan fingerprint density at radius 1 is 1.24 bits per heavy atom. The van der Waals surface area contributed by atoms with Gasteiger partial charge in [0.2, 0.25) is 5.95 Å². The molecule has 0 unspecified atom stereocenters. The molecule has 2 heterocycles. The van der Waals surface area contributed by atoms with E-state index in [9.17, 15) is 0 Å². The number of fused-ring (bicyclic) bond motifs is 1. The average Bonchev–Trinajstić information content (AvgIpc) is 3.02. The first kappa shape index (κ1) is 17.6. The fourth-order valence-electron chi connectivity index (χ4n) is 2.73. The Balaban J connectivity index is 1.56. The van der Waals surface area contributed by atoms with E-state index in [0.717, 1.165) is 26.0 Å². The number of hydrogen-bond acceptors (Lipinski definition) is 5. The van der Waals surface area contributed by atoms with E-state index in [1.165, 1.54) is 5.56 Å². The normalized spacial score (nSPS) is 12.6. The number of nitrogen functional groups attached to an aromatic ring is 1. The fraction of sp³-hybridized carbons (Fsp3) is 0.389. The van der Waals surface area contributed by atoms with Crippen LogP contribution in [0.15, 0.2) is 36.7 Å². The number of imidazole rings is 1. The van der Waals surface area contributed by atoms with Crippen molar-refractivity contribution in [2.75, 3.05) is 12.3 Å². The number of ether oxygens (including phenoxy) is 1. The Labute approximate surface area is 152 Å². The zero-order valence-electron chi connectivity index (χ0n) is 14.2. The second kappa shape index (κ2) is 8.27. The monoisotopic (exact) mass is 359 g/mol. The van der Waals surface area contributed by atoms with Crippen molar-refractivity contribution in [3.63, 3.8) is 0 Å². The Bertz CT molecular complexity index is 821. The van der Waals surface area contributed by atoms with Crippen LogP contribution >= 0.6 is 11.6 Å². The molecule has 0 saturated heterocycles. The Kier molecular flexibility index (Phi) is 5.83. The van der Waals surface area contributed by atoms with Crippen LogP contribution in [-0.2, 0) is 17.9 Å². The van der Waals surface area contributed by atoms with E-state index in [-0.39, 0.29) is 5.95 Å². The summed E-state index contributed by atoms with van der Waals surface area (Å²) in [5.74, 6) is 0.633. The van der Waals surface area contributed by atoms with Crippen LogP contribution in [0.3, 0.4) is 0 Å². The highest BCUT2D eigenvalue weighted by atomic mass is 35.5. The zero-order chi connectivity index (χ0) is 17.6. The van der Waals surface area contributed by atoms with Crippen molar-refractivity contribution in [1.82, 2.24) is 19.5 Å². The second-order valence-electron chi connectivity index (χ2n) is 6.05. The summed E-state index contributed by atoms with van der Waals surface area (Å²) in [5.41, 5.74) is 8.15. The maximum atomic E-state index is 6.07. The van der Waals surface area contributed by atoms with Crippen molar-refractivity contribution >= 4 is 28.7 Å². The van der Waals surface area contributed by atoms with E-state index in [0.29, 0.717) is 28.8 Å². The lowest BCUT2D eigenvalue weighted by molar-refractivity contribution is 0.0813. The molecule has 1 aromatic carbocycles. The zero-order valence-corrected chi connectivity index (χ0v) is 15.0. The molecule has 0 aliphatic rings. The quantitative estimate of drug-likeness (QED) is 0.620. The van der Waals surface area contributed by atoms with Crippen LogP contribution in [0.25, 0.3) is 11.2 Å². The van der Waals surface area contributed by atoms with Gasteiger partial charge in [-0.25, -0.2) is 4.98 Å². The first-order valence-electron chi connectivity index (χ1n) is 8.43. The van der Waals surface area contributed by atoms with E-state index in [1.807, 2.05) is 22.8 Å². The molecule has 0 bridgehead atoms. The van der Waals surface area contributed by atoms with Crippen LogP contribution in [0.5, 0.6) is 0 Å². The predicted octanol–water partition coefficient (Wildman–Crippen LogP) is 3.70. The summed E-state index contributed by atoms with van der Waals surface area (Å²) in [7, 11) is 0. The van der Waals surface area contributed by atoms with Gasteiger partial charge in [0.15, 0.2) is 10.8 Å². The molecule has 0 amide bonds. The smallest absolute Gasteiger partial charge is 0.223 e. The number of anilines is 1. The van der Waals surface area contributed by atoms with E-state index in [1.54, 1.807) is 6.33 Å². The van der Waals surface area contributed by atoms with Gasteiger partial charge in [-0.15, -0.1) is 0 Å². The van der Waals surface area contributed by atoms with Crippen LogP contribution in [0.4, 0.5) is 5.95 Å². The minimum Gasteiger partial charge on any atom is -0.376 e. The Morgan fingerprint density at radius 3 is 2.80 bits per heavy atom. The number of rotatable bonds is 8. The summed E-state index contributed by atoms with van der Waals surface area (Å²) in [5, 5.41) is 0.291.